The first-order valence-electron chi connectivity index (χ1n) is 11.7. The van der Waals surface area contributed by atoms with Gasteiger partial charge in [0, 0.05) is 53.7 Å². The Morgan fingerprint density at radius 2 is 1.78 bits per heavy atom. The fourth-order valence-corrected chi connectivity index (χ4v) is 5.69. The number of hydrogen-bond acceptors (Lipinski definition) is 3. The second-order valence-electron chi connectivity index (χ2n) is 11.8. The van der Waals surface area contributed by atoms with Crippen LogP contribution >= 0.6 is 0 Å². The Balaban J connectivity index is 1.67. The molecule has 4 rings (SSSR count). The normalized spacial score (nSPS) is 23.7. The maximum Gasteiger partial charge on any atom is 0.324 e. The zero-order valence-electron chi connectivity index (χ0n) is 20.8. The van der Waals surface area contributed by atoms with E-state index in [1.807, 2.05) is 41.5 Å². The SMILES string of the molecule is CN1C[C@H](C(=O)N(C(=O)NC(C)(C)C)C(C)(C)C)CC2c3cccc4c3c(cn4C)C[C@H]21. The van der Waals surface area contributed by atoms with Crippen LogP contribution in [0, 0.1) is 5.92 Å². The highest BCUT2D eigenvalue weighted by atomic mass is 16.2. The summed E-state index contributed by atoms with van der Waals surface area (Å²) in [7, 11) is 4.23. The maximum atomic E-state index is 13.8. The van der Waals surface area contributed by atoms with E-state index in [1.54, 1.807) is 0 Å². The number of urea groups is 1. The number of rotatable bonds is 1. The van der Waals surface area contributed by atoms with Crippen molar-refractivity contribution in [3.8, 4) is 0 Å². The number of imide groups is 1. The molecular weight excluding hydrogens is 400 g/mol. The molecule has 32 heavy (non-hydrogen) atoms. The molecule has 1 aliphatic carbocycles. The molecule has 1 aliphatic heterocycles. The Labute approximate surface area is 191 Å². The molecule has 3 amide bonds. The Kier molecular flexibility index (Phi) is 5.44. The van der Waals surface area contributed by atoms with Gasteiger partial charge in [0.15, 0.2) is 0 Å². The molecule has 1 saturated heterocycles. The summed E-state index contributed by atoms with van der Waals surface area (Å²) in [4.78, 5) is 30.8. The van der Waals surface area contributed by atoms with E-state index in [2.05, 4.69) is 53.3 Å². The van der Waals surface area contributed by atoms with Gasteiger partial charge in [-0.15, -0.1) is 0 Å². The molecule has 6 heteroatoms. The summed E-state index contributed by atoms with van der Waals surface area (Å²) < 4.78 is 2.21. The van der Waals surface area contributed by atoms with E-state index in [1.165, 1.54) is 26.9 Å². The second kappa shape index (κ2) is 7.62. The lowest BCUT2D eigenvalue weighted by Crippen LogP contribution is -2.60. The van der Waals surface area contributed by atoms with Crippen molar-refractivity contribution in [2.75, 3.05) is 13.6 Å². The molecule has 2 heterocycles. The summed E-state index contributed by atoms with van der Waals surface area (Å²) in [5.74, 6) is -0.00362. The number of fused-ring (bicyclic) bond motifs is 2. The molecule has 1 fully saturated rings. The van der Waals surface area contributed by atoms with Crippen molar-refractivity contribution in [1.82, 2.24) is 19.7 Å². The molecule has 1 unspecified atom stereocenters. The number of likely N-dealkylation sites (tertiary alicyclic amines) is 1. The number of benzene rings is 1. The quantitative estimate of drug-likeness (QED) is 0.723. The van der Waals surface area contributed by atoms with Gasteiger partial charge in [0.1, 0.15) is 0 Å². The van der Waals surface area contributed by atoms with Gasteiger partial charge in [-0.05, 0) is 78.6 Å². The Bertz CT molecular complexity index is 1060. The average molecular weight is 439 g/mol. The van der Waals surface area contributed by atoms with Crippen molar-refractivity contribution in [1.29, 1.82) is 0 Å². The molecule has 1 aromatic carbocycles. The monoisotopic (exact) mass is 438 g/mol. The van der Waals surface area contributed by atoms with E-state index in [0.29, 0.717) is 12.6 Å². The first-order valence-corrected chi connectivity index (χ1v) is 11.7. The van der Waals surface area contributed by atoms with Gasteiger partial charge < -0.3 is 14.8 Å². The number of hydrogen-bond donors (Lipinski definition) is 1. The molecule has 2 aromatic rings. The van der Waals surface area contributed by atoms with Crippen LogP contribution in [0.25, 0.3) is 10.9 Å². The molecule has 2 aliphatic rings. The molecule has 3 atom stereocenters. The largest absolute Gasteiger partial charge is 0.350 e. The van der Waals surface area contributed by atoms with Crippen molar-refractivity contribution in [3.05, 3.63) is 35.5 Å². The number of aryl methyl sites for hydroxylation is 1. The Morgan fingerprint density at radius 1 is 1.09 bits per heavy atom. The molecule has 0 bridgehead atoms. The van der Waals surface area contributed by atoms with Crippen LogP contribution in [0.4, 0.5) is 4.79 Å². The molecule has 6 nitrogen and oxygen atoms in total. The maximum absolute atomic E-state index is 13.8. The van der Waals surface area contributed by atoms with Crippen molar-refractivity contribution in [3.63, 3.8) is 0 Å². The van der Waals surface area contributed by atoms with E-state index in [9.17, 15) is 9.59 Å². The molecule has 0 saturated carbocycles. The Morgan fingerprint density at radius 3 is 2.41 bits per heavy atom. The summed E-state index contributed by atoms with van der Waals surface area (Å²) in [5, 5.41) is 4.35. The molecule has 0 spiro atoms. The number of piperidine rings is 1. The van der Waals surface area contributed by atoms with Gasteiger partial charge in [-0.2, -0.15) is 0 Å². The second-order valence-corrected chi connectivity index (χ2v) is 11.8. The van der Waals surface area contributed by atoms with Crippen molar-refractivity contribution in [2.24, 2.45) is 13.0 Å². The summed E-state index contributed by atoms with van der Waals surface area (Å²) in [5.41, 5.74) is 3.00. The number of amides is 3. The van der Waals surface area contributed by atoms with Crippen LogP contribution < -0.4 is 5.32 Å². The molecule has 0 radical (unpaired) electrons. The number of nitrogens with one attached hydrogen (secondary N) is 1. The van der Waals surface area contributed by atoms with Crippen LogP contribution in [0.2, 0.25) is 0 Å². The lowest BCUT2D eigenvalue weighted by Gasteiger charge is -2.47. The Hall–Kier alpha value is -2.34. The smallest absolute Gasteiger partial charge is 0.324 e. The predicted octanol–water partition coefficient (Wildman–Crippen LogP) is 4.27. The molecular formula is C26H38N4O2. The van der Waals surface area contributed by atoms with Crippen LogP contribution in [-0.4, -0.2) is 57.0 Å². The first-order chi connectivity index (χ1) is 14.8. The van der Waals surface area contributed by atoms with Crippen molar-refractivity contribution >= 4 is 22.8 Å². The lowest BCUT2D eigenvalue weighted by atomic mass is 9.72. The minimum absolute atomic E-state index is 0.0735. The van der Waals surface area contributed by atoms with E-state index >= 15 is 0 Å². The zero-order valence-corrected chi connectivity index (χ0v) is 20.8. The van der Waals surface area contributed by atoms with Gasteiger partial charge in [-0.25, -0.2) is 4.79 Å². The van der Waals surface area contributed by atoms with E-state index in [0.717, 1.165) is 12.8 Å². The fourth-order valence-electron chi connectivity index (χ4n) is 5.69. The molecule has 1 N–H and O–H groups in total. The predicted molar refractivity (Wildman–Crippen MR) is 129 cm³/mol. The molecule has 174 valence electrons. The van der Waals surface area contributed by atoms with Crippen LogP contribution in [0.15, 0.2) is 24.4 Å². The molecule has 1 aromatic heterocycles. The summed E-state index contributed by atoms with van der Waals surface area (Å²) >= 11 is 0. The minimum atomic E-state index is -0.596. The first kappa shape index (κ1) is 22.8. The van der Waals surface area contributed by atoms with Gasteiger partial charge in [0.25, 0.3) is 0 Å². The highest BCUT2D eigenvalue weighted by Crippen LogP contribution is 2.45. The van der Waals surface area contributed by atoms with Gasteiger partial charge >= 0.3 is 6.03 Å². The van der Waals surface area contributed by atoms with Gasteiger partial charge in [-0.1, -0.05) is 12.1 Å². The third-order valence-corrected chi connectivity index (χ3v) is 6.96. The minimum Gasteiger partial charge on any atom is -0.350 e. The lowest BCUT2D eigenvalue weighted by molar-refractivity contribution is -0.138. The van der Waals surface area contributed by atoms with E-state index in [4.69, 9.17) is 0 Å². The number of carbonyl (C=O) groups is 2. The number of carbonyl (C=O) groups excluding carboxylic acids is 2. The van der Waals surface area contributed by atoms with Gasteiger partial charge in [-0.3, -0.25) is 9.69 Å². The number of aromatic nitrogens is 1. The number of likely N-dealkylation sites (N-methyl/N-ethyl adjacent to an activating group) is 1. The van der Waals surface area contributed by atoms with E-state index < -0.39 is 11.1 Å². The van der Waals surface area contributed by atoms with Crippen LogP contribution in [0.1, 0.15) is 65.0 Å². The standard InChI is InChI=1S/C26H38N4O2/c1-25(2,3)27-24(32)30(26(4,5)6)23(31)17-12-19-18-10-9-11-20-22(18)16(14-28(20)7)13-21(19)29(8)15-17/h9-11,14,17,19,21H,12-13,15H2,1-8H3,(H,27,32)/t17-,19?,21-/m1/s1. The summed E-state index contributed by atoms with van der Waals surface area (Å²) in [6.45, 7) is 12.3. The highest BCUT2D eigenvalue weighted by Gasteiger charge is 2.45. The van der Waals surface area contributed by atoms with Crippen molar-refractivity contribution in [2.45, 2.75) is 77.4 Å². The summed E-state index contributed by atoms with van der Waals surface area (Å²) in [6.07, 6.45) is 4.04. The third-order valence-electron chi connectivity index (χ3n) is 6.96. The summed E-state index contributed by atoms with van der Waals surface area (Å²) in [6, 6.07) is 6.61. The van der Waals surface area contributed by atoms with Crippen LogP contribution in [0.3, 0.4) is 0 Å². The fraction of sp³-hybridized carbons (Fsp3) is 0.615. The topological polar surface area (TPSA) is 57.6 Å². The third kappa shape index (κ3) is 3.94. The zero-order chi connectivity index (χ0) is 23.6. The van der Waals surface area contributed by atoms with Crippen LogP contribution in [-0.2, 0) is 18.3 Å². The van der Waals surface area contributed by atoms with Crippen molar-refractivity contribution < 1.29 is 9.59 Å². The van der Waals surface area contributed by atoms with E-state index in [-0.39, 0.29) is 23.8 Å². The number of nitrogens with zero attached hydrogens (tertiary/aromatic N) is 3. The highest BCUT2D eigenvalue weighted by molar-refractivity contribution is 5.97. The van der Waals surface area contributed by atoms with Gasteiger partial charge in [0.05, 0.1) is 5.92 Å². The average Bonchev–Trinajstić information content (AvgIpc) is 2.97. The van der Waals surface area contributed by atoms with Crippen LogP contribution in [0.5, 0.6) is 0 Å². The van der Waals surface area contributed by atoms with Gasteiger partial charge in [0.2, 0.25) is 5.91 Å².